The van der Waals surface area contributed by atoms with Gasteiger partial charge in [0.25, 0.3) is 0 Å². The summed E-state index contributed by atoms with van der Waals surface area (Å²) in [6, 6.07) is 4.36. The van der Waals surface area contributed by atoms with Crippen molar-refractivity contribution in [3.8, 4) is 0 Å². The van der Waals surface area contributed by atoms with Crippen molar-refractivity contribution in [2.24, 2.45) is 0 Å². The van der Waals surface area contributed by atoms with E-state index in [2.05, 4.69) is 35.3 Å². The molecule has 1 atom stereocenters. The topological polar surface area (TPSA) is 59.2 Å². The van der Waals surface area contributed by atoms with Gasteiger partial charge in [0.1, 0.15) is 11.6 Å². The third-order valence-corrected chi connectivity index (χ3v) is 3.98. The molecule has 0 N–H and O–H groups in total. The first-order valence-corrected chi connectivity index (χ1v) is 7.17. The van der Waals surface area contributed by atoms with Gasteiger partial charge in [0.2, 0.25) is 5.78 Å². The average molecular weight is 280 g/mol. The highest BCUT2D eigenvalue weighted by atomic mass is 15.3. The Morgan fingerprint density at radius 2 is 1.95 bits per heavy atom. The molecular formula is C15H16N6. The molecule has 6 nitrogen and oxygen atoms in total. The van der Waals surface area contributed by atoms with Crippen LogP contribution in [0.25, 0.3) is 5.78 Å². The highest BCUT2D eigenvalue weighted by Crippen LogP contribution is 2.34. The summed E-state index contributed by atoms with van der Waals surface area (Å²) in [5.41, 5.74) is 1.21. The van der Waals surface area contributed by atoms with Crippen molar-refractivity contribution in [2.75, 3.05) is 11.4 Å². The molecule has 0 bridgehead atoms. The lowest BCUT2D eigenvalue weighted by Gasteiger charge is -2.26. The summed E-state index contributed by atoms with van der Waals surface area (Å²) in [5.74, 6) is 2.55. The van der Waals surface area contributed by atoms with E-state index >= 15 is 0 Å². The molecule has 0 saturated carbocycles. The molecular weight excluding hydrogens is 264 g/mol. The van der Waals surface area contributed by atoms with Gasteiger partial charge in [-0.15, -0.1) is 0 Å². The van der Waals surface area contributed by atoms with E-state index in [4.69, 9.17) is 0 Å². The maximum atomic E-state index is 4.57. The van der Waals surface area contributed by atoms with Crippen LogP contribution in [0.2, 0.25) is 0 Å². The lowest BCUT2D eigenvalue weighted by molar-refractivity contribution is 0.672. The van der Waals surface area contributed by atoms with Crippen molar-refractivity contribution >= 4 is 11.6 Å². The molecule has 1 saturated heterocycles. The third-order valence-electron chi connectivity index (χ3n) is 3.98. The predicted molar refractivity (Wildman–Crippen MR) is 79.1 cm³/mol. The molecule has 0 unspecified atom stereocenters. The minimum Gasteiger partial charge on any atom is -0.348 e. The molecule has 3 aromatic heterocycles. The van der Waals surface area contributed by atoms with E-state index in [1.807, 2.05) is 31.6 Å². The fraction of sp³-hybridized carbons (Fsp3) is 0.333. The number of imidazole rings is 1. The molecule has 4 heterocycles. The van der Waals surface area contributed by atoms with E-state index in [-0.39, 0.29) is 0 Å². The van der Waals surface area contributed by atoms with Crippen molar-refractivity contribution < 1.29 is 0 Å². The van der Waals surface area contributed by atoms with Crippen LogP contribution in [0, 0.1) is 6.92 Å². The lowest BCUT2D eigenvalue weighted by atomic mass is 10.1. The van der Waals surface area contributed by atoms with Crippen LogP contribution < -0.4 is 4.90 Å². The van der Waals surface area contributed by atoms with Crippen molar-refractivity contribution in [3.63, 3.8) is 0 Å². The molecule has 0 spiro atoms. The Labute approximate surface area is 122 Å². The number of fused-ring (bicyclic) bond motifs is 1. The largest absolute Gasteiger partial charge is 0.348 e. The van der Waals surface area contributed by atoms with Crippen molar-refractivity contribution in [1.29, 1.82) is 0 Å². The van der Waals surface area contributed by atoms with Gasteiger partial charge >= 0.3 is 0 Å². The molecule has 0 aliphatic carbocycles. The van der Waals surface area contributed by atoms with Crippen LogP contribution in [-0.2, 0) is 0 Å². The van der Waals surface area contributed by atoms with Gasteiger partial charge in [0, 0.05) is 37.0 Å². The highest BCUT2D eigenvalue weighted by Gasteiger charge is 2.29. The van der Waals surface area contributed by atoms with Gasteiger partial charge in [0.15, 0.2) is 0 Å². The van der Waals surface area contributed by atoms with Crippen LogP contribution in [0.1, 0.15) is 30.4 Å². The van der Waals surface area contributed by atoms with Gasteiger partial charge in [-0.25, -0.2) is 19.9 Å². The number of anilines is 1. The Balaban J connectivity index is 1.78. The monoisotopic (exact) mass is 280 g/mol. The summed E-state index contributed by atoms with van der Waals surface area (Å²) in [6.07, 6.45) is 9.69. The molecule has 0 aromatic carbocycles. The summed E-state index contributed by atoms with van der Waals surface area (Å²) in [6.45, 7) is 2.94. The number of aromatic nitrogens is 5. The number of rotatable bonds is 2. The van der Waals surface area contributed by atoms with E-state index in [9.17, 15) is 0 Å². The van der Waals surface area contributed by atoms with Crippen LogP contribution in [0.4, 0.5) is 5.82 Å². The maximum Gasteiger partial charge on any atom is 0.233 e. The maximum absolute atomic E-state index is 4.57. The lowest BCUT2D eigenvalue weighted by Crippen LogP contribution is -2.25. The van der Waals surface area contributed by atoms with Gasteiger partial charge in [0.05, 0.1) is 6.04 Å². The zero-order valence-electron chi connectivity index (χ0n) is 11.8. The number of aryl methyl sites for hydroxylation is 1. The van der Waals surface area contributed by atoms with Gasteiger partial charge in [-0.1, -0.05) is 0 Å². The quantitative estimate of drug-likeness (QED) is 0.720. The minimum atomic E-state index is 0.305. The second-order valence-electron chi connectivity index (χ2n) is 5.28. The van der Waals surface area contributed by atoms with Crippen molar-refractivity contribution in [1.82, 2.24) is 24.3 Å². The van der Waals surface area contributed by atoms with Crippen LogP contribution >= 0.6 is 0 Å². The molecule has 6 heteroatoms. The molecule has 1 aliphatic heterocycles. The number of nitrogens with zero attached hydrogens (tertiary/aromatic N) is 6. The smallest absolute Gasteiger partial charge is 0.233 e. The fourth-order valence-corrected chi connectivity index (χ4v) is 3.08. The van der Waals surface area contributed by atoms with Crippen LogP contribution in [0.5, 0.6) is 0 Å². The van der Waals surface area contributed by atoms with Gasteiger partial charge in [-0.05, 0) is 31.9 Å². The first kappa shape index (κ1) is 12.3. The molecule has 0 radical (unpaired) electrons. The summed E-state index contributed by atoms with van der Waals surface area (Å²) < 4.78 is 2.07. The normalized spacial score (nSPS) is 18.5. The highest BCUT2D eigenvalue weighted by molar-refractivity contribution is 5.43. The molecule has 0 amide bonds. The van der Waals surface area contributed by atoms with Crippen LogP contribution in [-0.4, -0.2) is 30.9 Å². The summed E-state index contributed by atoms with van der Waals surface area (Å²) in [7, 11) is 0. The first-order chi connectivity index (χ1) is 10.3. The van der Waals surface area contributed by atoms with E-state index in [0.29, 0.717) is 6.04 Å². The van der Waals surface area contributed by atoms with E-state index in [1.165, 1.54) is 5.69 Å². The Bertz CT molecular complexity index is 780. The van der Waals surface area contributed by atoms with Crippen LogP contribution in [0.15, 0.2) is 36.9 Å². The summed E-state index contributed by atoms with van der Waals surface area (Å²) in [4.78, 5) is 19.7. The molecule has 1 aliphatic rings. The van der Waals surface area contributed by atoms with E-state index in [1.54, 1.807) is 6.20 Å². The molecule has 21 heavy (non-hydrogen) atoms. The predicted octanol–water partition coefficient (Wildman–Crippen LogP) is 2.17. The van der Waals surface area contributed by atoms with Crippen LogP contribution in [0.3, 0.4) is 0 Å². The van der Waals surface area contributed by atoms with E-state index in [0.717, 1.165) is 36.8 Å². The van der Waals surface area contributed by atoms with Crippen molar-refractivity contribution in [3.05, 3.63) is 48.4 Å². The average Bonchev–Trinajstić information content (AvgIpc) is 3.16. The molecule has 4 rings (SSSR count). The molecule has 106 valence electrons. The Kier molecular flexibility index (Phi) is 2.80. The number of hydrogen-bond donors (Lipinski definition) is 0. The summed E-state index contributed by atoms with van der Waals surface area (Å²) in [5, 5.41) is 0. The zero-order chi connectivity index (χ0) is 14.2. The SMILES string of the molecule is Cc1nccc(N2CCC[C@@H]2c2ccnc3nccn23)n1. The van der Waals surface area contributed by atoms with Gasteiger partial charge in [-0.3, -0.25) is 4.40 Å². The molecule has 3 aromatic rings. The van der Waals surface area contributed by atoms with Crippen molar-refractivity contribution in [2.45, 2.75) is 25.8 Å². The van der Waals surface area contributed by atoms with E-state index < -0.39 is 0 Å². The van der Waals surface area contributed by atoms with Gasteiger partial charge < -0.3 is 4.90 Å². The fourth-order valence-electron chi connectivity index (χ4n) is 3.08. The third kappa shape index (κ3) is 2.03. The Morgan fingerprint density at radius 3 is 2.86 bits per heavy atom. The number of hydrogen-bond acceptors (Lipinski definition) is 5. The second kappa shape index (κ2) is 4.80. The Morgan fingerprint density at radius 1 is 1.10 bits per heavy atom. The standard InChI is InChI=1S/C15H16N6/c1-11-16-7-5-14(19-11)20-9-2-3-12(20)13-4-6-17-15-18-8-10-21(13)15/h4-8,10,12H,2-3,9H2,1H3/t12-/m1/s1. The minimum absolute atomic E-state index is 0.305. The summed E-state index contributed by atoms with van der Waals surface area (Å²) >= 11 is 0. The zero-order valence-corrected chi connectivity index (χ0v) is 11.8. The molecule has 1 fully saturated rings. The first-order valence-electron chi connectivity index (χ1n) is 7.17. The second-order valence-corrected chi connectivity index (χ2v) is 5.28. The Hall–Kier alpha value is -2.50. The van der Waals surface area contributed by atoms with Gasteiger partial charge in [-0.2, -0.15) is 0 Å².